The summed E-state index contributed by atoms with van der Waals surface area (Å²) in [6, 6.07) is 14.4. The van der Waals surface area contributed by atoms with Crippen LogP contribution in [0.4, 0.5) is 5.69 Å². The number of aromatic nitrogens is 2. The van der Waals surface area contributed by atoms with Gasteiger partial charge in [0.05, 0.1) is 16.9 Å². The number of carbonyl (C=O) groups excluding carboxylic acids is 2. The molecule has 1 aromatic heterocycles. The minimum atomic E-state index is -0.361. The zero-order chi connectivity index (χ0) is 18.3. The lowest BCUT2D eigenvalue weighted by Gasteiger charge is -2.07. The quantitative estimate of drug-likeness (QED) is 0.715. The second-order valence-electron chi connectivity index (χ2n) is 5.90. The normalized spacial score (nSPS) is 12.6. The summed E-state index contributed by atoms with van der Waals surface area (Å²) in [6.45, 7) is 1.94. The summed E-state index contributed by atoms with van der Waals surface area (Å²) in [5.41, 5.74) is 3.44. The molecule has 0 saturated carbocycles. The summed E-state index contributed by atoms with van der Waals surface area (Å²) in [5.74, 6) is -0.708. The van der Waals surface area contributed by atoms with Gasteiger partial charge in [-0.15, -0.1) is 0 Å². The summed E-state index contributed by atoms with van der Waals surface area (Å²) in [6.07, 6.45) is 0. The first-order valence-electron chi connectivity index (χ1n) is 7.96. The van der Waals surface area contributed by atoms with Crippen LogP contribution in [0.2, 0.25) is 5.15 Å². The van der Waals surface area contributed by atoms with E-state index >= 15 is 0 Å². The Labute approximate surface area is 154 Å². The van der Waals surface area contributed by atoms with E-state index in [1.165, 1.54) is 4.68 Å². The van der Waals surface area contributed by atoms with E-state index in [2.05, 4.69) is 10.4 Å². The molecule has 0 fully saturated rings. The number of aryl methyl sites for hydroxylation is 1. The second-order valence-corrected chi connectivity index (χ2v) is 6.26. The second kappa shape index (κ2) is 6.31. The standard InChI is InChI=1S/C19H14ClN3O3/c1-11-16(17(20)23(22-11)14-5-3-2-4-6-14)18(24)21-13-7-8-15-12(9-13)10-26-19(15)25/h2-9H,10H2,1H3,(H,21,24). The van der Waals surface area contributed by atoms with Crippen LogP contribution in [-0.2, 0) is 11.3 Å². The number of ether oxygens (including phenoxy) is 1. The minimum Gasteiger partial charge on any atom is -0.457 e. The fraction of sp³-hybridized carbons (Fsp3) is 0.105. The lowest BCUT2D eigenvalue weighted by Crippen LogP contribution is -2.13. The number of nitrogens with zero attached hydrogens (tertiary/aromatic N) is 2. The van der Waals surface area contributed by atoms with E-state index in [1.807, 2.05) is 30.3 Å². The molecule has 1 aliphatic rings. The summed E-state index contributed by atoms with van der Waals surface area (Å²) >= 11 is 6.41. The first-order valence-corrected chi connectivity index (χ1v) is 8.34. The average molecular weight is 368 g/mol. The van der Waals surface area contributed by atoms with Crippen LogP contribution in [0.25, 0.3) is 5.69 Å². The Kier molecular flexibility index (Phi) is 3.97. The number of nitrogens with one attached hydrogen (secondary N) is 1. The van der Waals surface area contributed by atoms with E-state index < -0.39 is 0 Å². The van der Waals surface area contributed by atoms with Crippen LogP contribution in [0.3, 0.4) is 0 Å². The number of anilines is 1. The number of para-hydroxylation sites is 1. The van der Waals surface area contributed by atoms with Gasteiger partial charge in [-0.2, -0.15) is 5.10 Å². The van der Waals surface area contributed by atoms with Crippen molar-refractivity contribution in [1.82, 2.24) is 9.78 Å². The number of hydrogen-bond acceptors (Lipinski definition) is 4. The SMILES string of the molecule is Cc1nn(-c2ccccc2)c(Cl)c1C(=O)Nc1ccc2c(c1)COC2=O. The molecular weight excluding hydrogens is 354 g/mol. The monoisotopic (exact) mass is 367 g/mol. The highest BCUT2D eigenvalue weighted by atomic mass is 35.5. The van der Waals surface area contributed by atoms with Crippen LogP contribution in [-0.4, -0.2) is 21.7 Å². The van der Waals surface area contributed by atoms with Gasteiger partial charge in [-0.1, -0.05) is 29.8 Å². The molecule has 7 heteroatoms. The molecule has 0 radical (unpaired) electrons. The molecule has 2 aromatic carbocycles. The van der Waals surface area contributed by atoms with Gasteiger partial charge in [-0.3, -0.25) is 4.79 Å². The third kappa shape index (κ3) is 2.74. The van der Waals surface area contributed by atoms with Crippen molar-refractivity contribution in [1.29, 1.82) is 0 Å². The predicted octanol–water partition coefficient (Wildman–Crippen LogP) is 3.76. The average Bonchev–Trinajstić information content (AvgIpc) is 3.15. The van der Waals surface area contributed by atoms with Gasteiger partial charge in [0.25, 0.3) is 5.91 Å². The van der Waals surface area contributed by atoms with Gasteiger partial charge in [0.2, 0.25) is 0 Å². The Morgan fingerprint density at radius 3 is 2.77 bits per heavy atom. The highest BCUT2D eigenvalue weighted by Gasteiger charge is 2.24. The number of cyclic esters (lactones) is 1. The van der Waals surface area contributed by atoms with Crippen LogP contribution in [0, 0.1) is 6.92 Å². The van der Waals surface area contributed by atoms with Gasteiger partial charge in [0.1, 0.15) is 17.3 Å². The number of hydrogen-bond donors (Lipinski definition) is 1. The zero-order valence-corrected chi connectivity index (χ0v) is 14.6. The van der Waals surface area contributed by atoms with Crippen LogP contribution < -0.4 is 5.32 Å². The minimum absolute atomic E-state index is 0.212. The van der Waals surface area contributed by atoms with Gasteiger partial charge in [0.15, 0.2) is 0 Å². The fourth-order valence-electron chi connectivity index (χ4n) is 2.90. The third-order valence-electron chi connectivity index (χ3n) is 4.17. The highest BCUT2D eigenvalue weighted by molar-refractivity contribution is 6.34. The number of halogens is 1. The molecule has 26 heavy (non-hydrogen) atoms. The Balaban J connectivity index is 1.63. The smallest absolute Gasteiger partial charge is 0.338 e. The molecule has 1 amide bonds. The number of esters is 1. The largest absolute Gasteiger partial charge is 0.457 e. The third-order valence-corrected chi connectivity index (χ3v) is 4.52. The summed E-state index contributed by atoms with van der Waals surface area (Å²) in [5, 5.41) is 7.42. The van der Waals surface area contributed by atoms with Gasteiger partial charge in [-0.05, 0) is 37.3 Å². The molecule has 0 spiro atoms. The van der Waals surface area contributed by atoms with Crippen LogP contribution >= 0.6 is 11.6 Å². The van der Waals surface area contributed by atoms with Gasteiger partial charge >= 0.3 is 5.97 Å². The lowest BCUT2D eigenvalue weighted by atomic mass is 10.1. The Morgan fingerprint density at radius 1 is 1.23 bits per heavy atom. The van der Waals surface area contributed by atoms with Crippen LogP contribution in [0.1, 0.15) is 32.0 Å². The van der Waals surface area contributed by atoms with E-state index in [0.29, 0.717) is 22.5 Å². The van der Waals surface area contributed by atoms with Crippen molar-refractivity contribution in [2.45, 2.75) is 13.5 Å². The molecule has 2 heterocycles. The number of rotatable bonds is 3. The van der Waals surface area contributed by atoms with E-state index in [0.717, 1.165) is 11.3 Å². The summed E-state index contributed by atoms with van der Waals surface area (Å²) < 4.78 is 6.50. The molecule has 130 valence electrons. The van der Waals surface area contributed by atoms with Crippen molar-refractivity contribution in [3.8, 4) is 5.69 Å². The fourth-order valence-corrected chi connectivity index (χ4v) is 3.26. The zero-order valence-electron chi connectivity index (χ0n) is 13.8. The summed E-state index contributed by atoms with van der Waals surface area (Å²) in [4.78, 5) is 24.2. The van der Waals surface area contributed by atoms with Crippen molar-refractivity contribution >= 4 is 29.2 Å². The Hall–Kier alpha value is -3.12. The number of carbonyl (C=O) groups is 2. The van der Waals surface area contributed by atoms with E-state index in [9.17, 15) is 9.59 Å². The first-order chi connectivity index (χ1) is 12.5. The maximum atomic E-state index is 12.7. The maximum absolute atomic E-state index is 12.7. The lowest BCUT2D eigenvalue weighted by molar-refractivity contribution is 0.0535. The van der Waals surface area contributed by atoms with Crippen molar-refractivity contribution in [2.24, 2.45) is 0 Å². The van der Waals surface area contributed by atoms with Crippen molar-refractivity contribution in [3.63, 3.8) is 0 Å². The highest BCUT2D eigenvalue weighted by Crippen LogP contribution is 2.26. The number of fused-ring (bicyclic) bond motifs is 1. The molecule has 3 aromatic rings. The molecule has 6 nitrogen and oxygen atoms in total. The first kappa shape index (κ1) is 16.4. The van der Waals surface area contributed by atoms with Crippen molar-refractivity contribution in [2.75, 3.05) is 5.32 Å². The Bertz CT molecular complexity index is 1030. The molecular formula is C19H14ClN3O3. The van der Waals surface area contributed by atoms with Gasteiger partial charge < -0.3 is 10.1 Å². The maximum Gasteiger partial charge on any atom is 0.338 e. The van der Waals surface area contributed by atoms with Gasteiger partial charge in [0, 0.05) is 11.3 Å². The summed E-state index contributed by atoms with van der Waals surface area (Å²) in [7, 11) is 0. The molecule has 0 unspecified atom stereocenters. The topological polar surface area (TPSA) is 73.2 Å². The van der Waals surface area contributed by atoms with Crippen molar-refractivity contribution < 1.29 is 14.3 Å². The molecule has 4 rings (SSSR count). The number of benzene rings is 2. The Morgan fingerprint density at radius 2 is 2.00 bits per heavy atom. The van der Waals surface area contributed by atoms with Gasteiger partial charge in [-0.25, -0.2) is 9.48 Å². The van der Waals surface area contributed by atoms with E-state index in [-0.39, 0.29) is 23.6 Å². The van der Waals surface area contributed by atoms with E-state index in [1.54, 1.807) is 25.1 Å². The van der Waals surface area contributed by atoms with E-state index in [4.69, 9.17) is 16.3 Å². The molecule has 1 aliphatic heterocycles. The molecule has 0 saturated heterocycles. The molecule has 0 atom stereocenters. The van der Waals surface area contributed by atoms with Crippen LogP contribution in [0.5, 0.6) is 0 Å². The molecule has 0 bridgehead atoms. The van der Waals surface area contributed by atoms with Crippen LogP contribution in [0.15, 0.2) is 48.5 Å². The molecule has 1 N–H and O–H groups in total. The number of amides is 1. The predicted molar refractivity (Wildman–Crippen MR) is 96.8 cm³/mol. The molecule has 0 aliphatic carbocycles. The van der Waals surface area contributed by atoms with Crippen molar-refractivity contribution in [3.05, 3.63) is 76.1 Å².